The smallest absolute Gasteiger partial charge is 0.265 e. The summed E-state index contributed by atoms with van der Waals surface area (Å²) in [6.07, 6.45) is 4.35. The lowest BCUT2D eigenvalue weighted by atomic mass is 9.74. The minimum absolute atomic E-state index is 0.00162. The molecule has 5 nitrogen and oxygen atoms in total. The van der Waals surface area contributed by atoms with E-state index in [0.717, 1.165) is 42.2 Å². The Labute approximate surface area is 208 Å². The molecule has 0 bridgehead atoms. The number of fused-ring (bicyclic) bond motifs is 1. The molecule has 2 aromatic rings. The van der Waals surface area contributed by atoms with Crippen molar-refractivity contribution in [1.29, 1.82) is 0 Å². The molecule has 5 rings (SSSR count). The first kappa shape index (κ1) is 23.8. The number of hydrogen-bond donors (Lipinski definition) is 1. The number of likely N-dealkylation sites (tertiary alicyclic amines) is 1. The van der Waals surface area contributed by atoms with Crippen molar-refractivity contribution in [2.75, 3.05) is 19.7 Å². The Bertz CT molecular complexity index is 1070. The van der Waals surface area contributed by atoms with Gasteiger partial charge in [-0.1, -0.05) is 29.3 Å². The lowest BCUT2D eigenvalue weighted by molar-refractivity contribution is -0.155. The van der Waals surface area contributed by atoms with Crippen LogP contribution in [-0.4, -0.2) is 59.0 Å². The number of rotatable bonds is 3. The van der Waals surface area contributed by atoms with E-state index >= 15 is 0 Å². The second kappa shape index (κ2) is 8.35. The van der Waals surface area contributed by atoms with Crippen LogP contribution in [0.5, 0.6) is 0 Å². The summed E-state index contributed by atoms with van der Waals surface area (Å²) in [7, 11) is 0. The van der Waals surface area contributed by atoms with Crippen LogP contribution in [0.2, 0.25) is 10.0 Å². The second-order valence-electron chi connectivity index (χ2n) is 10.8. The predicted octanol–water partition coefficient (Wildman–Crippen LogP) is 5.93. The van der Waals surface area contributed by atoms with Gasteiger partial charge < -0.3 is 19.5 Å². The van der Waals surface area contributed by atoms with Crippen LogP contribution < -0.4 is 0 Å². The molecule has 3 aliphatic rings. The number of nitrogens with zero attached hydrogens (tertiary/aromatic N) is 1. The van der Waals surface area contributed by atoms with Gasteiger partial charge >= 0.3 is 0 Å². The number of piperidine rings is 1. The average molecular weight is 512 g/mol. The van der Waals surface area contributed by atoms with Crippen molar-refractivity contribution >= 4 is 50.5 Å². The van der Waals surface area contributed by atoms with Crippen molar-refractivity contribution in [1.82, 2.24) is 4.90 Å². The molecular formula is C25H31Cl2NO4S. The van der Waals surface area contributed by atoms with E-state index in [-0.39, 0.29) is 29.1 Å². The monoisotopic (exact) mass is 511 g/mol. The van der Waals surface area contributed by atoms with E-state index in [0.29, 0.717) is 34.6 Å². The zero-order chi connectivity index (χ0) is 23.6. The first-order valence-electron chi connectivity index (χ1n) is 11.7. The Morgan fingerprint density at radius 1 is 1.24 bits per heavy atom. The second-order valence-corrected chi connectivity index (χ2v) is 12.7. The van der Waals surface area contributed by atoms with E-state index in [1.807, 2.05) is 30.9 Å². The van der Waals surface area contributed by atoms with Gasteiger partial charge in [-0.25, -0.2) is 0 Å². The molecule has 3 atom stereocenters. The third-order valence-electron chi connectivity index (χ3n) is 7.89. The van der Waals surface area contributed by atoms with Gasteiger partial charge in [0.2, 0.25) is 0 Å². The molecule has 0 unspecified atom stereocenters. The molecule has 3 fully saturated rings. The molecule has 8 heteroatoms. The fourth-order valence-electron chi connectivity index (χ4n) is 5.63. The number of ether oxygens (including phenoxy) is 2. The van der Waals surface area contributed by atoms with Gasteiger partial charge in [0, 0.05) is 28.2 Å². The number of carbonyl (C=O) groups is 1. The van der Waals surface area contributed by atoms with Gasteiger partial charge in [-0.3, -0.25) is 4.79 Å². The summed E-state index contributed by atoms with van der Waals surface area (Å²) in [5, 5.41) is 12.4. The molecule has 1 aromatic heterocycles. The van der Waals surface area contributed by atoms with Crippen LogP contribution in [0, 0.1) is 5.41 Å². The Hall–Kier alpha value is -0.890. The summed E-state index contributed by atoms with van der Waals surface area (Å²) in [4.78, 5) is 15.8. The molecule has 33 heavy (non-hydrogen) atoms. The van der Waals surface area contributed by atoms with Gasteiger partial charge in [-0.2, -0.15) is 0 Å². The molecule has 1 spiro atoms. The number of halogens is 2. The van der Waals surface area contributed by atoms with Gasteiger partial charge in [0.05, 0.1) is 35.0 Å². The molecule has 3 aliphatic heterocycles. The largest absolute Gasteiger partial charge is 0.388 e. The van der Waals surface area contributed by atoms with Crippen LogP contribution in [-0.2, 0) is 9.47 Å². The van der Waals surface area contributed by atoms with E-state index in [1.54, 1.807) is 6.07 Å². The normalized spacial score (nSPS) is 29.9. The standard InChI is InChI=1S/C25H31Cl2NO4S/c1-23(2,30)18-6-7-24(3,32-18)19-13-25(14-31-19)8-10-28(11-9-25)22(29)21-20(27)16-5-4-15(26)12-17(16)33-21/h4-5,12,18-19,30H,6-11,13-14H2,1-3H3/t18-,19-,24+/m0/s1. The Morgan fingerprint density at radius 2 is 1.97 bits per heavy atom. The highest BCUT2D eigenvalue weighted by Gasteiger charge is 2.53. The first-order chi connectivity index (χ1) is 15.5. The van der Waals surface area contributed by atoms with Gasteiger partial charge in [-0.05, 0) is 70.4 Å². The van der Waals surface area contributed by atoms with Gasteiger partial charge in [-0.15, -0.1) is 11.3 Å². The van der Waals surface area contributed by atoms with Crippen LogP contribution in [0.3, 0.4) is 0 Å². The van der Waals surface area contributed by atoms with Crippen LogP contribution in [0.25, 0.3) is 10.1 Å². The summed E-state index contributed by atoms with van der Waals surface area (Å²) in [6, 6.07) is 5.54. The van der Waals surface area contributed by atoms with Gasteiger partial charge in [0.15, 0.2) is 0 Å². The summed E-state index contributed by atoms with van der Waals surface area (Å²) < 4.78 is 13.6. The molecule has 180 valence electrons. The highest BCUT2D eigenvalue weighted by molar-refractivity contribution is 7.21. The van der Waals surface area contributed by atoms with E-state index in [9.17, 15) is 9.90 Å². The Morgan fingerprint density at radius 3 is 2.64 bits per heavy atom. The van der Waals surface area contributed by atoms with Crippen molar-refractivity contribution in [3.63, 3.8) is 0 Å². The fourth-order valence-corrected chi connectivity index (χ4v) is 7.38. The third-order valence-corrected chi connectivity index (χ3v) is 9.77. The van der Waals surface area contributed by atoms with Gasteiger partial charge in [0.1, 0.15) is 4.88 Å². The number of aliphatic hydroxyl groups is 1. The Balaban J connectivity index is 1.24. The average Bonchev–Trinajstić information content (AvgIpc) is 3.45. The summed E-state index contributed by atoms with van der Waals surface area (Å²) in [5.41, 5.74) is -1.13. The third kappa shape index (κ3) is 4.32. The van der Waals surface area contributed by atoms with E-state index in [1.165, 1.54) is 11.3 Å². The van der Waals surface area contributed by atoms with Crippen molar-refractivity contribution in [3.8, 4) is 0 Å². The summed E-state index contributed by atoms with van der Waals surface area (Å²) >= 11 is 14.1. The SMILES string of the molecule is CC(C)(O)[C@@H]1CC[C@](C)([C@@H]2CC3(CCN(C(=O)c4sc5cc(Cl)ccc5c4Cl)CC3)CO2)O1. The number of thiophene rings is 1. The molecule has 0 radical (unpaired) electrons. The molecule has 3 saturated heterocycles. The fraction of sp³-hybridized carbons (Fsp3) is 0.640. The van der Waals surface area contributed by atoms with Crippen molar-refractivity contribution < 1.29 is 19.4 Å². The van der Waals surface area contributed by atoms with Crippen LogP contribution in [0.15, 0.2) is 18.2 Å². The van der Waals surface area contributed by atoms with E-state index in [2.05, 4.69) is 6.92 Å². The molecule has 0 aliphatic carbocycles. The Kier molecular flexibility index (Phi) is 6.03. The van der Waals surface area contributed by atoms with E-state index in [4.69, 9.17) is 32.7 Å². The summed E-state index contributed by atoms with van der Waals surface area (Å²) in [6.45, 7) is 7.84. The zero-order valence-electron chi connectivity index (χ0n) is 19.3. The maximum Gasteiger partial charge on any atom is 0.265 e. The molecule has 4 heterocycles. The lowest BCUT2D eigenvalue weighted by Gasteiger charge is -2.39. The van der Waals surface area contributed by atoms with Crippen molar-refractivity contribution in [2.24, 2.45) is 5.41 Å². The lowest BCUT2D eigenvalue weighted by Crippen LogP contribution is -2.45. The minimum Gasteiger partial charge on any atom is -0.388 e. The number of carbonyl (C=O) groups excluding carboxylic acids is 1. The first-order valence-corrected chi connectivity index (χ1v) is 13.3. The number of benzene rings is 1. The van der Waals surface area contributed by atoms with Crippen LogP contribution in [0.1, 0.15) is 62.5 Å². The van der Waals surface area contributed by atoms with Gasteiger partial charge in [0.25, 0.3) is 5.91 Å². The van der Waals surface area contributed by atoms with Crippen LogP contribution in [0.4, 0.5) is 0 Å². The predicted molar refractivity (Wildman–Crippen MR) is 133 cm³/mol. The zero-order valence-corrected chi connectivity index (χ0v) is 21.7. The quantitative estimate of drug-likeness (QED) is 0.554. The van der Waals surface area contributed by atoms with Crippen molar-refractivity contribution in [2.45, 2.75) is 76.3 Å². The highest BCUT2D eigenvalue weighted by Crippen LogP contribution is 2.49. The maximum atomic E-state index is 13.3. The van der Waals surface area contributed by atoms with Crippen LogP contribution >= 0.6 is 34.5 Å². The highest BCUT2D eigenvalue weighted by atomic mass is 35.5. The number of amides is 1. The molecular weight excluding hydrogens is 481 g/mol. The van der Waals surface area contributed by atoms with E-state index < -0.39 is 5.60 Å². The molecule has 1 N–H and O–H groups in total. The molecule has 1 amide bonds. The maximum absolute atomic E-state index is 13.3. The topological polar surface area (TPSA) is 59.0 Å². The molecule has 1 aromatic carbocycles. The minimum atomic E-state index is -0.848. The van der Waals surface area contributed by atoms with Crippen molar-refractivity contribution in [3.05, 3.63) is 33.1 Å². The molecule has 0 saturated carbocycles. The number of hydrogen-bond acceptors (Lipinski definition) is 5. The summed E-state index contributed by atoms with van der Waals surface area (Å²) in [5.74, 6) is 0.00162.